The number of ketones is 1. The first kappa shape index (κ1) is 22.7. The number of hydrogen-bond acceptors (Lipinski definition) is 9. The van der Waals surface area contributed by atoms with Gasteiger partial charge in [-0.1, -0.05) is 17.4 Å². The predicted molar refractivity (Wildman–Crippen MR) is 125 cm³/mol. The van der Waals surface area contributed by atoms with E-state index in [0.717, 1.165) is 11.3 Å². The van der Waals surface area contributed by atoms with Gasteiger partial charge >= 0.3 is 11.9 Å². The number of nitrogens with zero attached hydrogens (tertiary/aromatic N) is 2. The molecule has 10 heteroatoms. The number of methoxy groups -OCH3 is 1. The highest BCUT2D eigenvalue weighted by Gasteiger charge is 2.48. The number of hydrogen-bond donors (Lipinski definition) is 1. The van der Waals surface area contributed by atoms with Gasteiger partial charge in [-0.05, 0) is 49.6 Å². The average Bonchev–Trinajstić information content (AvgIpc) is 3.53. The van der Waals surface area contributed by atoms with Gasteiger partial charge in [0, 0.05) is 10.4 Å². The monoisotopic (exact) mass is 484 g/mol. The number of aliphatic hydroxyl groups excluding tert-OH is 1. The van der Waals surface area contributed by atoms with Crippen LogP contribution in [0.25, 0.3) is 5.76 Å². The van der Waals surface area contributed by atoms with Crippen molar-refractivity contribution in [3.8, 4) is 5.75 Å². The van der Waals surface area contributed by atoms with E-state index in [1.54, 1.807) is 43.3 Å². The summed E-state index contributed by atoms with van der Waals surface area (Å²) in [4.78, 5) is 44.8. The Bertz CT molecular complexity index is 1240. The first-order valence-electron chi connectivity index (χ1n) is 10.0. The second-order valence-electron chi connectivity index (χ2n) is 7.04. The number of rotatable bonds is 6. The van der Waals surface area contributed by atoms with Crippen LogP contribution in [0.3, 0.4) is 0 Å². The number of aryl methyl sites for hydroxylation is 1. The van der Waals surface area contributed by atoms with Gasteiger partial charge in [-0.25, -0.2) is 9.78 Å². The summed E-state index contributed by atoms with van der Waals surface area (Å²) in [6, 6.07) is 9.31. The molecule has 8 nitrogen and oxygen atoms in total. The van der Waals surface area contributed by atoms with Crippen molar-refractivity contribution in [1.29, 1.82) is 0 Å². The van der Waals surface area contributed by atoms with Crippen LogP contribution in [0.15, 0.2) is 47.4 Å². The molecule has 4 rings (SSSR count). The molecular formula is C23H20N2O6S2. The highest BCUT2D eigenvalue weighted by Crippen LogP contribution is 2.45. The smallest absolute Gasteiger partial charge is 0.350 e. The minimum atomic E-state index is -0.882. The van der Waals surface area contributed by atoms with E-state index in [1.807, 2.05) is 12.3 Å². The zero-order chi connectivity index (χ0) is 23.7. The zero-order valence-corrected chi connectivity index (χ0v) is 19.7. The minimum Gasteiger partial charge on any atom is -0.507 e. The van der Waals surface area contributed by atoms with E-state index in [1.165, 1.54) is 23.3 Å². The fourth-order valence-electron chi connectivity index (χ4n) is 3.54. The molecule has 1 amide bonds. The Labute approximate surface area is 197 Å². The maximum Gasteiger partial charge on any atom is 0.350 e. The normalized spacial score (nSPS) is 17.4. The molecule has 33 heavy (non-hydrogen) atoms. The summed E-state index contributed by atoms with van der Waals surface area (Å²) < 4.78 is 10.2. The van der Waals surface area contributed by atoms with Crippen molar-refractivity contribution >= 4 is 51.2 Å². The number of ether oxygens (including phenoxy) is 2. The Morgan fingerprint density at radius 1 is 1.21 bits per heavy atom. The van der Waals surface area contributed by atoms with Crippen LogP contribution in [0.5, 0.6) is 5.75 Å². The number of amides is 1. The zero-order valence-electron chi connectivity index (χ0n) is 18.0. The number of thiophene rings is 1. The minimum absolute atomic E-state index is 0.0425. The summed E-state index contributed by atoms with van der Waals surface area (Å²) in [6.07, 6.45) is 0. The number of aliphatic hydroxyl groups is 1. The summed E-state index contributed by atoms with van der Waals surface area (Å²) >= 11 is 2.31. The molecule has 1 atom stereocenters. The van der Waals surface area contributed by atoms with Crippen LogP contribution in [0, 0.1) is 6.92 Å². The number of Topliss-reactive ketones (excluding diaryl/α,β-unsaturated/α-hetero) is 1. The summed E-state index contributed by atoms with van der Waals surface area (Å²) in [5.41, 5.74) is 0.725. The lowest BCUT2D eigenvalue weighted by atomic mass is 10.00. The van der Waals surface area contributed by atoms with Crippen molar-refractivity contribution in [1.82, 2.24) is 4.98 Å². The third kappa shape index (κ3) is 4.03. The molecule has 1 saturated heterocycles. The topological polar surface area (TPSA) is 106 Å². The molecule has 3 aromatic rings. The van der Waals surface area contributed by atoms with Crippen molar-refractivity contribution in [3.63, 3.8) is 0 Å². The van der Waals surface area contributed by atoms with E-state index in [2.05, 4.69) is 4.98 Å². The van der Waals surface area contributed by atoms with E-state index >= 15 is 0 Å². The highest BCUT2D eigenvalue weighted by atomic mass is 32.1. The number of carbonyl (C=O) groups excluding carboxylic acids is 3. The molecule has 1 aliphatic rings. The van der Waals surface area contributed by atoms with Crippen LogP contribution in [0.2, 0.25) is 0 Å². The number of benzene rings is 1. The van der Waals surface area contributed by atoms with Crippen LogP contribution >= 0.6 is 22.7 Å². The molecule has 0 spiro atoms. The standard InChI is InChI=1S/C23H20N2O6S2/c1-4-31-14-9-7-13(8-10-14)18(26)16-17(15-6-5-11-32-15)25(21(28)19(16)27)23-24-12(2)20(33-23)22(29)30-3/h5-11,17,26H,4H2,1-3H3. The van der Waals surface area contributed by atoms with E-state index < -0.39 is 23.7 Å². The first-order chi connectivity index (χ1) is 15.9. The Morgan fingerprint density at radius 2 is 1.94 bits per heavy atom. The SMILES string of the molecule is CCOc1ccc(C(O)=C2C(=O)C(=O)N(c3nc(C)c(C(=O)OC)s3)C2c2cccs2)cc1. The third-order valence-corrected chi connectivity index (χ3v) is 7.12. The molecule has 170 valence electrons. The van der Waals surface area contributed by atoms with Gasteiger partial charge in [-0.3, -0.25) is 14.5 Å². The lowest BCUT2D eigenvalue weighted by Gasteiger charge is -2.21. The summed E-state index contributed by atoms with van der Waals surface area (Å²) in [5.74, 6) is -1.90. The number of thiazole rings is 1. The second kappa shape index (κ2) is 9.16. The maximum atomic E-state index is 13.1. The van der Waals surface area contributed by atoms with Gasteiger partial charge in [-0.2, -0.15) is 0 Å². The fraction of sp³-hybridized carbons (Fsp3) is 0.217. The van der Waals surface area contributed by atoms with Gasteiger partial charge in [0.05, 0.1) is 25.0 Å². The lowest BCUT2D eigenvalue weighted by Crippen LogP contribution is -2.29. The molecule has 0 aliphatic carbocycles. The Hall–Kier alpha value is -3.50. The van der Waals surface area contributed by atoms with Crippen molar-refractivity contribution in [2.45, 2.75) is 19.9 Å². The van der Waals surface area contributed by atoms with Crippen LogP contribution in [-0.4, -0.2) is 41.5 Å². The van der Waals surface area contributed by atoms with Crippen molar-refractivity contribution in [2.75, 3.05) is 18.6 Å². The number of aromatic nitrogens is 1. The van der Waals surface area contributed by atoms with E-state index in [-0.39, 0.29) is 21.3 Å². The van der Waals surface area contributed by atoms with Crippen LogP contribution < -0.4 is 9.64 Å². The largest absolute Gasteiger partial charge is 0.507 e. The Balaban J connectivity index is 1.85. The molecule has 0 radical (unpaired) electrons. The van der Waals surface area contributed by atoms with Gasteiger partial charge in [0.25, 0.3) is 5.78 Å². The van der Waals surface area contributed by atoms with Crippen molar-refractivity contribution < 1.29 is 29.0 Å². The fourth-order valence-corrected chi connectivity index (χ4v) is 5.38. The second-order valence-corrected chi connectivity index (χ2v) is 9.00. The average molecular weight is 485 g/mol. The number of esters is 1. The predicted octanol–water partition coefficient (Wildman–Crippen LogP) is 4.32. The lowest BCUT2D eigenvalue weighted by molar-refractivity contribution is -0.132. The third-order valence-electron chi connectivity index (χ3n) is 5.06. The van der Waals surface area contributed by atoms with Crippen LogP contribution in [-0.2, 0) is 14.3 Å². The van der Waals surface area contributed by atoms with Gasteiger partial charge < -0.3 is 14.6 Å². The number of carbonyl (C=O) groups is 3. The quantitative estimate of drug-likeness (QED) is 0.240. The van der Waals surface area contributed by atoms with Gasteiger partial charge in [-0.15, -0.1) is 11.3 Å². The first-order valence-corrected chi connectivity index (χ1v) is 11.7. The van der Waals surface area contributed by atoms with Crippen molar-refractivity contribution in [3.05, 3.63) is 68.4 Å². The Kier molecular flexibility index (Phi) is 6.30. The summed E-state index contributed by atoms with van der Waals surface area (Å²) in [6.45, 7) is 3.99. The van der Waals surface area contributed by atoms with E-state index in [4.69, 9.17) is 9.47 Å². The van der Waals surface area contributed by atoms with Gasteiger partial charge in [0.15, 0.2) is 5.13 Å². The van der Waals surface area contributed by atoms with E-state index in [0.29, 0.717) is 28.5 Å². The molecule has 3 heterocycles. The highest BCUT2D eigenvalue weighted by molar-refractivity contribution is 7.18. The molecule has 1 unspecified atom stereocenters. The maximum absolute atomic E-state index is 13.1. The van der Waals surface area contributed by atoms with Gasteiger partial charge in [0.2, 0.25) is 0 Å². The summed E-state index contributed by atoms with van der Waals surface area (Å²) in [5, 5.41) is 13.1. The molecule has 1 fully saturated rings. The molecule has 2 aromatic heterocycles. The van der Waals surface area contributed by atoms with E-state index in [9.17, 15) is 19.5 Å². The van der Waals surface area contributed by atoms with Crippen LogP contribution in [0.4, 0.5) is 5.13 Å². The Morgan fingerprint density at radius 3 is 2.55 bits per heavy atom. The molecule has 0 saturated carbocycles. The number of anilines is 1. The van der Waals surface area contributed by atoms with Crippen molar-refractivity contribution in [2.24, 2.45) is 0 Å². The van der Waals surface area contributed by atoms with Crippen LogP contribution in [0.1, 0.15) is 38.8 Å². The molecule has 1 aromatic carbocycles. The molecular weight excluding hydrogens is 464 g/mol. The summed E-state index contributed by atoms with van der Waals surface area (Å²) in [7, 11) is 1.26. The molecule has 1 N–H and O–H groups in total. The van der Waals surface area contributed by atoms with Gasteiger partial charge in [0.1, 0.15) is 22.4 Å². The molecule has 0 bridgehead atoms. The molecule has 1 aliphatic heterocycles.